The van der Waals surface area contributed by atoms with Crippen LogP contribution in [0.3, 0.4) is 0 Å². The summed E-state index contributed by atoms with van der Waals surface area (Å²) in [6.07, 6.45) is 1.22. The Morgan fingerprint density at radius 2 is 2.09 bits per heavy atom. The van der Waals surface area contributed by atoms with Crippen molar-refractivity contribution in [3.8, 4) is 0 Å². The number of hydrogen-bond donors (Lipinski definition) is 2. The van der Waals surface area contributed by atoms with Crippen LogP contribution >= 0.6 is 0 Å². The fraction of sp³-hybridized carbons (Fsp3) is 0.588. The summed E-state index contributed by atoms with van der Waals surface area (Å²) in [5, 5.41) is 2.96. The quantitative estimate of drug-likeness (QED) is 0.796. The van der Waals surface area contributed by atoms with Gasteiger partial charge in [0.15, 0.2) is 0 Å². The number of hydrogen-bond acceptors (Lipinski definition) is 4. The van der Waals surface area contributed by atoms with Crippen molar-refractivity contribution in [1.82, 2.24) is 10.2 Å². The first-order valence-electron chi connectivity index (χ1n) is 8.03. The van der Waals surface area contributed by atoms with E-state index < -0.39 is 0 Å². The molecule has 0 aromatic heterocycles. The fourth-order valence-electron chi connectivity index (χ4n) is 2.50. The number of nitrogens with zero attached hydrogens (tertiary/aromatic N) is 1. The lowest BCUT2D eigenvalue weighted by Crippen LogP contribution is -2.35. The summed E-state index contributed by atoms with van der Waals surface area (Å²) in [7, 11) is 0. The first-order valence-corrected chi connectivity index (χ1v) is 8.03. The van der Waals surface area contributed by atoms with Gasteiger partial charge in [-0.15, -0.1) is 0 Å². The Labute approximate surface area is 132 Å². The van der Waals surface area contributed by atoms with E-state index in [0.29, 0.717) is 13.0 Å². The number of morpholine rings is 1. The second kappa shape index (κ2) is 8.88. The summed E-state index contributed by atoms with van der Waals surface area (Å²) in [6, 6.07) is 8.48. The third-order valence-corrected chi connectivity index (χ3v) is 3.82. The molecule has 22 heavy (non-hydrogen) atoms. The molecule has 122 valence electrons. The molecular formula is C17H27N3O2. The smallest absolute Gasteiger partial charge is 0.220 e. The normalized spacial score (nSPS) is 17.2. The Hall–Kier alpha value is -1.43. The summed E-state index contributed by atoms with van der Waals surface area (Å²) in [4.78, 5) is 14.1. The lowest BCUT2D eigenvalue weighted by molar-refractivity contribution is -0.121. The van der Waals surface area contributed by atoms with E-state index in [1.165, 1.54) is 5.56 Å². The molecular weight excluding hydrogens is 278 g/mol. The Bertz CT molecular complexity index is 471. The van der Waals surface area contributed by atoms with Gasteiger partial charge in [0, 0.05) is 38.6 Å². The third kappa shape index (κ3) is 6.13. The molecule has 1 atom stereocenters. The molecule has 1 amide bonds. The minimum atomic E-state index is 0.0656. The van der Waals surface area contributed by atoms with Crippen molar-refractivity contribution >= 4 is 5.91 Å². The Kier molecular flexibility index (Phi) is 6.83. The molecule has 1 saturated heterocycles. The lowest BCUT2D eigenvalue weighted by Gasteiger charge is -2.26. The van der Waals surface area contributed by atoms with Gasteiger partial charge in [-0.25, -0.2) is 0 Å². The highest BCUT2D eigenvalue weighted by molar-refractivity contribution is 5.75. The van der Waals surface area contributed by atoms with E-state index in [1.807, 2.05) is 6.92 Å². The summed E-state index contributed by atoms with van der Waals surface area (Å²) in [5.41, 5.74) is 8.08. The highest BCUT2D eigenvalue weighted by Gasteiger charge is 2.11. The Balaban J connectivity index is 1.79. The molecule has 0 spiro atoms. The maximum atomic E-state index is 11.7. The van der Waals surface area contributed by atoms with Crippen LogP contribution < -0.4 is 11.1 Å². The molecule has 1 aromatic carbocycles. The maximum Gasteiger partial charge on any atom is 0.220 e. The molecule has 5 nitrogen and oxygen atoms in total. The second-order valence-corrected chi connectivity index (χ2v) is 6.00. The van der Waals surface area contributed by atoms with Gasteiger partial charge < -0.3 is 15.8 Å². The van der Waals surface area contributed by atoms with Gasteiger partial charge in [0.2, 0.25) is 5.91 Å². The van der Waals surface area contributed by atoms with Gasteiger partial charge in [-0.2, -0.15) is 0 Å². The van der Waals surface area contributed by atoms with Crippen molar-refractivity contribution in [2.75, 3.05) is 26.3 Å². The van der Waals surface area contributed by atoms with Crippen molar-refractivity contribution in [3.63, 3.8) is 0 Å². The van der Waals surface area contributed by atoms with E-state index in [1.54, 1.807) is 0 Å². The van der Waals surface area contributed by atoms with E-state index >= 15 is 0 Å². The maximum absolute atomic E-state index is 11.7. The van der Waals surface area contributed by atoms with Crippen molar-refractivity contribution in [2.24, 2.45) is 5.73 Å². The van der Waals surface area contributed by atoms with Crippen molar-refractivity contribution in [2.45, 2.75) is 38.9 Å². The molecule has 0 aliphatic carbocycles. The minimum absolute atomic E-state index is 0.0656. The predicted molar refractivity (Wildman–Crippen MR) is 87.3 cm³/mol. The lowest BCUT2D eigenvalue weighted by atomic mass is 10.1. The molecule has 1 fully saturated rings. The molecule has 0 saturated carbocycles. The summed E-state index contributed by atoms with van der Waals surface area (Å²) in [5.74, 6) is 0.0656. The highest BCUT2D eigenvalue weighted by atomic mass is 16.5. The Morgan fingerprint density at radius 3 is 2.82 bits per heavy atom. The van der Waals surface area contributed by atoms with Crippen LogP contribution in [0, 0.1) is 0 Å². The van der Waals surface area contributed by atoms with Crippen LogP contribution in [0.5, 0.6) is 0 Å². The van der Waals surface area contributed by atoms with E-state index in [2.05, 4.69) is 34.5 Å². The number of rotatable bonds is 7. The molecule has 1 aliphatic heterocycles. The number of carbonyl (C=O) groups is 1. The molecule has 1 heterocycles. The van der Waals surface area contributed by atoms with Gasteiger partial charge in [-0.3, -0.25) is 9.69 Å². The predicted octanol–water partition coefficient (Wildman–Crippen LogP) is 1.26. The van der Waals surface area contributed by atoms with Gasteiger partial charge in [0.05, 0.1) is 13.2 Å². The molecule has 2 rings (SSSR count). The van der Waals surface area contributed by atoms with E-state index in [9.17, 15) is 4.79 Å². The zero-order chi connectivity index (χ0) is 15.8. The van der Waals surface area contributed by atoms with E-state index in [4.69, 9.17) is 10.5 Å². The molecule has 1 aromatic rings. The van der Waals surface area contributed by atoms with E-state index in [-0.39, 0.29) is 11.9 Å². The topological polar surface area (TPSA) is 67.6 Å². The largest absolute Gasteiger partial charge is 0.379 e. The molecule has 0 radical (unpaired) electrons. The third-order valence-electron chi connectivity index (χ3n) is 3.82. The van der Waals surface area contributed by atoms with Crippen LogP contribution in [0.15, 0.2) is 24.3 Å². The average molecular weight is 305 g/mol. The minimum Gasteiger partial charge on any atom is -0.379 e. The van der Waals surface area contributed by atoms with Crippen LogP contribution in [0.2, 0.25) is 0 Å². The van der Waals surface area contributed by atoms with Crippen LogP contribution in [-0.4, -0.2) is 43.2 Å². The first-order chi connectivity index (χ1) is 10.6. The summed E-state index contributed by atoms with van der Waals surface area (Å²) >= 11 is 0. The fourth-order valence-corrected chi connectivity index (χ4v) is 2.50. The SMILES string of the molecule is CC(N)CCC(=O)NCc1cccc(CN2CCOCC2)c1. The van der Waals surface area contributed by atoms with Crippen molar-refractivity contribution in [3.05, 3.63) is 35.4 Å². The van der Waals surface area contributed by atoms with Crippen molar-refractivity contribution < 1.29 is 9.53 Å². The number of benzene rings is 1. The zero-order valence-corrected chi connectivity index (χ0v) is 13.4. The van der Waals surface area contributed by atoms with Crippen LogP contribution in [0.1, 0.15) is 30.9 Å². The zero-order valence-electron chi connectivity index (χ0n) is 13.4. The first kappa shape index (κ1) is 16.9. The molecule has 5 heteroatoms. The monoisotopic (exact) mass is 305 g/mol. The summed E-state index contributed by atoms with van der Waals surface area (Å²) < 4.78 is 5.37. The van der Waals surface area contributed by atoms with Gasteiger partial charge in [-0.05, 0) is 24.5 Å². The molecule has 0 bridgehead atoms. The molecule has 3 N–H and O–H groups in total. The van der Waals surface area contributed by atoms with Crippen LogP contribution in [0.25, 0.3) is 0 Å². The second-order valence-electron chi connectivity index (χ2n) is 6.00. The molecule has 1 unspecified atom stereocenters. The standard InChI is InChI=1S/C17H27N3O2/c1-14(18)5-6-17(21)19-12-15-3-2-4-16(11-15)13-20-7-9-22-10-8-20/h2-4,11,14H,5-10,12-13,18H2,1H3,(H,19,21). The highest BCUT2D eigenvalue weighted by Crippen LogP contribution is 2.10. The Morgan fingerprint density at radius 1 is 1.36 bits per heavy atom. The number of carbonyl (C=O) groups excluding carboxylic acids is 1. The van der Waals surface area contributed by atoms with Gasteiger partial charge in [-0.1, -0.05) is 24.3 Å². The van der Waals surface area contributed by atoms with Gasteiger partial charge >= 0.3 is 0 Å². The van der Waals surface area contributed by atoms with Gasteiger partial charge in [0.25, 0.3) is 0 Å². The number of amides is 1. The van der Waals surface area contributed by atoms with Crippen molar-refractivity contribution in [1.29, 1.82) is 0 Å². The number of nitrogens with two attached hydrogens (primary N) is 1. The average Bonchev–Trinajstić information content (AvgIpc) is 2.52. The van der Waals surface area contributed by atoms with Gasteiger partial charge in [0.1, 0.15) is 0 Å². The van der Waals surface area contributed by atoms with Crippen LogP contribution in [-0.2, 0) is 22.6 Å². The van der Waals surface area contributed by atoms with E-state index in [0.717, 1.165) is 44.8 Å². The number of nitrogens with one attached hydrogen (secondary N) is 1. The molecule has 1 aliphatic rings. The summed E-state index contributed by atoms with van der Waals surface area (Å²) in [6.45, 7) is 7.04. The van der Waals surface area contributed by atoms with Crippen LogP contribution in [0.4, 0.5) is 0 Å². The number of ether oxygens (including phenoxy) is 1.